The minimum Gasteiger partial charge on any atom is -0.475 e. The smallest absolute Gasteiger partial charge is 0.374 e. The van der Waals surface area contributed by atoms with Gasteiger partial charge in [0.25, 0.3) is 0 Å². The number of nitrogens with zero attached hydrogens (tertiary/aromatic N) is 3. The first-order chi connectivity index (χ1) is 4.70. The van der Waals surface area contributed by atoms with Crippen molar-refractivity contribution in [1.29, 1.82) is 0 Å². The molecule has 10 heavy (non-hydrogen) atoms. The maximum absolute atomic E-state index is 12.0. The average molecular weight is 143 g/mol. The minimum atomic E-state index is -1.37. The first kappa shape index (κ1) is 6.53. The molecule has 0 spiro atoms. The molecule has 0 aliphatic rings. The summed E-state index contributed by atoms with van der Waals surface area (Å²) >= 11 is 0. The molecular weight excluding hydrogens is 141 g/mol. The van der Waals surface area contributed by atoms with Gasteiger partial charge in [0.05, 0.1) is 0 Å². The molecule has 6 heteroatoms. The number of hydrogen-bond acceptors (Lipinski definition) is 4. The molecule has 0 aliphatic carbocycles. The van der Waals surface area contributed by atoms with E-state index in [9.17, 15) is 9.18 Å². The van der Waals surface area contributed by atoms with Crippen LogP contribution in [0.5, 0.6) is 0 Å². The molecule has 0 amide bonds. The molecule has 0 saturated carbocycles. The lowest BCUT2D eigenvalue weighted by Crippen LogP contribution is -2.06. The molecule has 1 rings (SSSR count). The van der Waals surface area contributed by atoms with Gasteiger partial charge in [-0.05, 0) is 0 Å². The Kier molecular flexibility index (Phi) is 1.53. The first-order valence-electron chi connectivity index (χ1n) is 2.28. The summed E-state index contributed by atoms with van der Waals surface area (Å²) in [7, 11) is 0. The van der Waals surface area contributed by atoms with E-state index >= 15 is 0 Å². The summed E-state index contributed by atoms with van der Waals surface area (Å²) in [5.74, 6) is -1.96. The number of carboxylic acids is 1. The van der Waals surface area contributed by atoms with Gasteiger partial charge in [0.15, 0.2) is 0 Å². The van der Waals surface area contributed by atoms with Crippen LogP contribution in [0.1, 0.15) is 10.6 Å². The van der Waals surface area contributed by atoms with Gasteiger partial charge in [0, 0.05) is 0 Å². The third-order valence-electron chi connectivity index (χ3n) is 0.734. The summed E-state index contributed by atoms with van der Waals surface area (Å²) in [5.41, 5.74) is 0. The Bertz CT molecular complexity index is 264. The second-order valence-electron chi connectivity index (χ2n) is 1.38. The van der Waals surface area contributed by atoms with Crippen LogP contribution >= 0.6 is 0 Å². The van der Waals surface area contributed by atoms with Crippen molar-refractivity contribution in [2.75, 3.05) is 0 Å². The van der Waals surface area contributed by atoms with Crippen molar-refractivity contribution in [3.63, 3.8) is 0 Å². The van der Waals surface area contributed by atoms with Crippen molar-refractivity contribution in [2.24, 2.45) is 0 Å². The fourth-order valence-electron chi connectivity index (χ4n) is 0.379. The molecule has 5 nitrogen and oxygen atoms in total. The second kappa shape index (κ2) is 2.34. The Hall–Kier alpha value is -1.59. The van der Waals surface area contributed by atoms with Crippen LogP contribution in [0, 0.1) is 6.08 Å². The van der Waals surface area contributed by atoms with Crippen LogP contribution in [0.2, 0.25) is 0 Å². The third-order valence-corrected chi connectivity index (χ3v) is 0.734. The maximum atomic E-state index is 12.0. The minimum absolute atomic E-state index is 0.590. The molecule has 1 N–H and O–H groups in total. The number of aromatic carboxylic acids is 1. The van der Waals surface area contributed by atoms with Crippen LogP contribution in [-0.4, -0.2) is 26.0 Å². The van der Waals surface area contributed by atoms with Gasteiger partial charge in [-0.2, -0.15) is 14.4 Å². The third kappa shape index (κ3) is 1.22. The fraction of sp³-hybridized carbons (Fsp3) is 0. The van der Waals surface area contributed by atoms with E-state index in [0.717, 1.165) is 6.33 Å². The van der Waals surface area contributed by atoms with Crippen LogP contribution in [0.4, 0.5) is 4.39 Å². The van der Waals surface area contributed by atoms with Gasteiger partial charge in [-0.1, -0.05) is 0 Å². The molecule has 1 heterocycles. The molecule has 1 aromatic rings. The zero-order chi connectivity index (χ0) is 7.56. The molecule has 0 saturated heterocycles. The highest BCUT2D eigenvalue weighted by molar-refractivity contribution is 5.82. The molecule has 0 bridgehead atoms. The van der Waals surface area contributed by atoms with Crippen LogP contribution in [0.15, 0.2) is 6.33 Å². The molecule has 0 aromatic carbocycles. The topological polar surface area (TPSA) is 76.0 Å². The SMILES string of the molecule is O=C(O)c1ncnc(F)n1. The zero-order valence-corrected chi connectivity index (χ0v) is 4.65. The van der Waals surface area contributed by atoms with E-state index in [1.54, 1.807) is 0 Å². The van der Waals surface area contributed by atoms with E-state index in [-0.39, 0.29) is 0 Å². The molecule has 1 aromatic heterocycles. The van der Waals surface area contributed by atoms with E-state index in [1.165, 1.54) is 0 Å². The van der Waals surface area contributed by atoms with Gasteiger partial charge in [0.2, 0.25) is 5.82 Å². The van der Waals surface area contributed by atoms with Gasteiger partial charge in [-0.25, -0.2) is 9.78 Å². The number of rotatable bonds is 1. The molecule has 0 radical (unpaired) electrons. The highest BCUT2D eigenvalue weighted by Gasteiger charge is 2.06. The molecule has 0 atom stereocenters. The fourth-order valence-corrected chi connectivity index (χ4v) is 0.379. The summed E-state index contributed by atoms with van der Waals surface area (Å²) in [6.45, 7) is 0. The Morgan fingerprint density at radius 1 is 1.60 bits per heavy atom. The van der Waals surface area contributed by atoms with Crippen LogP contribution in [-0.2, 0) is 0 Å². The van der Waals surface area contributed by atoms with Gasteiger partial charge in [-0.3, -0.25) is 0 Å². The quantitative estimate of drug-likeness (QED) is 0.584. The van der Waals surface area contributed by atoms with E-state index in [0.29, 0.717) is 0 Å². The average Bonchev–Trinajstić information content (AvgIpc) is 1.88. The predicted molar refractivity (Wildman–Crippen MR) is 26.7 cm³/mol. The van der Waals surface area contributed by atoms with Gasteiger partial charge in [0.1, 0.15) is 6.33 Å². The van der Waals surface area contributed by atoms with Crippen LogP contribution in [0.25, 0.3) is 0 Å². The number of halogens is 1. The summed E-state index contributed by atoms with van der Waals surface area (Å²) in [6.07, 6.45) is -0.293. The van der Waals surface area contributed by atoms with E-state index < -0.39 is 17.9 Å². The second-order valence-corrected chi connectivity index (χ2v) is 1.38. The Morgan fingerprint density at radius 2 is 2.30 bits per heavy atom. The van der Waals surface area contributed by atoms with Crippen molar-refractivity contribution >= 4 is 5.97 Å². The summed E-state index contributed by atoms with van der Waals surface area (Å²) in [5, 5.41) is 8.19. The van der Waals surface area contributed by atoms with Gasteiger partial charge in [-0.15, -0.1) is 0 Å². The Balaban J connectivity index is 3.07. The van der Waals surface area contributed by atoms with E-state index in [4.69, 9.17) is 5.11 Å². The molecule has 0 unspecified atom stereocenters. The lowest BCUT2D eigenvalue weighted by atomic mass is 10.6. The number of carboxylic acid groups (broad SMARTS) is 1. The van der Waals surface area contributed by atoms with Crippen molar-refractivity contribution in [2.45, 2.75) is 0 Å². The number of carbonyl (C=O) groups is 1. The van der Waals surface area contributed by atoms with Crippen molar-refractivity contribution in [3.8, 4) is 0 Å². The first-order valence-corrected chi connectivity index (χ1v) is 2.28. The number of hydrogen-bond donors (Lipinski definition) is 1. The van der Waals surface area contributed by atoms with E-state index in [2.05, 4.69) is 15.0 Å². The lowest BCUT2D eigenvalue weighted by Gasteiger charge is -1.88. The summed E-state index contributed by atoms with van der Waals surface area (Å²) < 4.78 is 12.0. The van der Waals surface area contributed by atoms with Gasteiger partial charge >= 0.3 is 12.0 Å². The van der Waals surface area contributed by atoms with Gasteiger partial charge < -0.3 is 5.11 Å². The lowest BCUT2D eigenvalue weighted by molar-refractivity contribution is 0.0681. The predicted octanol–water partition coefficient (Wildman–Crippen LogP) is -0.291. The van der Waals surface area contributed by atoms with Crippen molar-refractivity contribution < 1.29 is 14.3 Å². The van der Waals surface area contributed by atoms with E-state index in [1.807, 2.05) is 0 Å². The highest BCUT2D eigenvalue weighted by atomic mass is 19.1. The molecule has 0 fully saturated rings. The summed E-state index contributed by atoms with van der Waals surface area (Å²) in [4.78, 5) is 19.1. The normalized spacial score (nSPS) is 9.30. The Morgan fingerprint density at radius 3 is 2.70 bits per heavy atom. The Labute approximate surface area is 54.6 Å². The van der Waals surface area contributed by atoms with Crippen molar-refractivity contribution in [1.82, 2.24) is 15.0 Å². The maximum Gasteiger partial charge on any atom is 0.374 e. The largest absolute Gasteiger partial charge is 0.475 e. The van der Waals surface area contributed by atoms with Crippen LogP contribution < -0.4 is 0 Å². The molecule has 0 aliphatic heterocycles. The molecule has 52 valence electrons. The van der Waals surface area contributed by atoms with Crippen molar-refractivity contribution in [3.05, 3.63) is 18.2 Å². The monoisotopic (exact) mass is 143 g/mol. The van der Waals surface area contributed by atoms with Crippen LogP contribution in [0.3, 0.4) is 0 Å². The summed E-state index contributed by atoms with van der Waals surface area (Å²) in [6, 6.07) is 0. The highest BCUT2D eigenvalue weighted by Crippen LogP contribution is 1.87. The zero-order valence-electron chi connectivity index (χ0n) is 4.65. The molecular formula is C4H2FN3O2. The number of aromatic nitrogens is 3. The standard InChI is InChI=1S/C4H2FN3O2/c5-4-7-1-6-2(8-4)3(9)10/h1H,(H,9,10).